The highest BCUT2D eigenvalue weighted by atomic mass is 16.3. The zero-order valence-corrected chi connectivity index (χ0v) is 12.0. The van der Waals surface area contributed by atoms with E-state index in [-0.39, 0.29) is 12.2 Å². The number of rotatable bonds is 4. The SMILES string of the molecule is CN1C(=O)[C@](O)(CC(=O)/C=C\c2ccco2)c2ccccc21. The van der Waals surface area contributed by atoms with Gasteiger partial charge in [0.2, 0.25) is 0 Å². The molecule has 5 heteroatoms. The van der Waals surface area contributed by atoms with Crippen molar-refractivity contribution in [3.63, 3.8) is 0 Å². The number of amides is 1. The van der Waals surface area contributed by atoms with Crippen molar-refractivity contribution >= 4 is 23.5 Å². The maximum atomic E-state index is 12.3. The molecule has 1 aliphatic rings. The summed E-state index contributed by atoms with van der Waals surface area (Å²) in [6.07, 6.45) is 4.03. The first-order valence-electron chi connectivity index (χ1n) is 6.87. The molecule has 112 valence electrons. The van der Waals surface area contributed by atoms with E-state index in [0.717, 1.165) is 0 Å². The highest BCUT2D eigenvalue weighted by Crippen LogP contribution is 2.41. The van der Waals surface area contributed by atoms with Crippen molar-refractivity contribution in [1.82, 2.24) is 0 Å². The van der Waals surface area contributed by atoms with E-state index in [2.05, 4.69) is 0 Å². The van der Waals surface area contributed by atoms with Crippen LogP contribution in [-0.2, 0) is 15.2 Å². The number of allylic oxidation sites excluding steroid dienone is 1. The van der Waals surface area contributed by atoms with Gasteiger partial charge in [0, 0.05) is 12.6 Å². The molecule has 3 rings (SSSR count). The average molecular weight is 297 g/mol. The van der Waals surface area contributed by atoms with E-state index < -0.39 is 11.5 Å². The van der Waals surface area contributed by atoms with Gasteiger partial charge in [-0.1, -0.05) is 18.2 Å². The third kappa shape index (κ3) is 2.25. The third-order valence-electron chi connectivity index (χ3n) is 3.78. The van der Waals surface area contributed by atoms with E-state index in [1.54, 1.807) is 43.4 Å². The number of ketones is 1. The van der Waals surface area contributed by atoms with Gasteiger partial charge in [-0.15, -0.1) is 0 Å². The molecule has 1 N–H and O–H groups in total. The number of nitrogens with zero attached hydrogens (tertiary/aromatic N) is 1. The molecule has 1 aromatic carbocycles. The van der Waals surface area contributed by atoms with E-state index in [9.17, 15) is 14.7 Å². The van der Waals surface area contributed by atoms with E-state index in [1.165, 1.54) is 23.3 Å². The topological polar surface area (TPSA) is 70.8 Å². The van der Waals surface area contributed by atoms with Gasteiger partial charge in [-0.25, -0.2) is 0 Å². The monoisotopic (exact) mass is 297 g/mol. The second-order valence-corrected chi connectivity index (χ2v) is 5.23. The van der Waals surface area contributed by atoms with Gasteiger partial charge in [0.15, 0.2) is 11.4 Å². The standard InChI is InChI=1S/C17H15NO4/c1-18-15-7-3-2-6-14(15)17(21,16(18)20)11-12(19)8-9-13-5-4-10-22-13/h2-10,21H,11H2,1H3/b9-8-/t17-/m0/s1. The minimum absolute atomic E-state index is 0.301. The average Bonchev–Trinajstić information content (AvgIpc) is 3.10. The number of hydrogen-bond donors (Lipinski definition) is 1. The number of fused-ring (bicyclic) bond motifs is 1. The van der Waals surface area contributed by atoms with Crippen molar-refractivity contribution in [2.75, 3.05) is 11.9 Å². The summed E-state index contributed by atoms with van der Waals surface area (Å²) in [4.78, 5) is 25.8. The van der Waals surface area contributed by atoms with Crippen LogP contribution in [0.2, 0.25) is 0 Å². The van der Waals surface area contributed by atoms with Gasteiger partial charge >= 0.3 is 0 Å². The first kappa shape index (κ1) is 14.3. The summed E-state index contributed by atoms with van der Waals surface area (Å²) in [7, 11) is 1.59. The van der Waals surface area contributed by atoms with Gasteiger partial charge in [0.25, 0.3) is 5.91 Å². The zero-order chi connectivity index (χ0) is 15.7. The maximum absolute atomic E-state index is 12.3. The molecule has 2 aromatic rings. The molecule has 1 aromatic heterocycles. The summed E-state index contributed by atoms with van der Waals surface area (Å²) >= 11 is 0. The van der Waals surface area contributed by atoms with Crippen LogP contribution in [0.25, 0.3) is 6.08 Å². The highest BCUT2D eigenvalue weighted by molar-refractivity contribution is 6.09. The van der Waals surface area contributed by atoms with Crippen LogP contribution in [0, 0.1) is 0 Å². The van der Waals surface area contributed by atoms with Gasteiger partial charge in [-0.3, -0.25) is 9.59 Å². The fourth-order valence-corrected chi connectivity index (χ4v) is 2.66. The third-order valence-corrected chi connectivity index (χ3v) is 3.78. The van der Waals surface area contributed by atoms with Crippen molar-refractivity contribution in [1.29, 1.82) is 0 Å². The Hall–Kier alpha value is -2.66. The van der Waals surface area contributed by atoms with Crippen LogP contribution >= 0.6 is 0 Å². The molecule has 1 aliphatic heterocycles. The lowest BCUT2D eigenvalue weighted by atomic mass is 9.90. The summed E-state index contributed by atoms with van der Waals surface area (Å²) in [5.74, 6) is -0.304. The number of hydrogen-bond acceptors (Lipinski definition) is 4. The van der Waals surface area contributed by atoms with Crippen LogP contribution in [-0.4, -0.2) is 23.8 Å². The number of para-hydroxylation sites is 1. The minimum Gasteiger partial charge on any atom is -0.465 e. The normalized spacial score (nSPS) is 20.6. The van der Waals surface area contributed by atoms with E-state index >= 15 is 0 Å². The fourth-order valence-electron chi connectivity index (χ4n) is 2.66. The molecule has 1 atom stereocenters. The van der Waals surface area contributed by atoms with Gasteiger partial charge in [0.1, 0.15) is 5.76 Å². The van der Waals surface area contributed by atoms with Gasteiger partial charge in [-0.05, 0) is 30.4 Å². The smallest absolute Gasteiger partial charge is 0.263 e. The van der Waals surface area contributed by atoms with Gasteiger partial charge in [-0.2, -0.15) is 0 Å². The molecule has 0 unspecified atom stereocenters. The quantitative estimate of drug-likeness (QED) is 0.877. The van der Waals surface area contributed by atoms with Crippen molar-refractivity contribution in [2.45, 2.75) is 12.0 Å². The number of benzene rings is 1. The Balaban J connectivity index is 1.85. The molecule has 0 radical (unpaired) electrons. The predicted molar refractivity (Wildman–Crippen MR) is 81.1 cm³/mol. The van der Waals surface area contributed by atoms with E-state index in [4.69, 9.17) is 4.42 Å². The molecular weight excluding hydrogens is 282 g/mol. The van der Waals surface area contributed by atoms with Crippen molar-refractivity contribution in [2.24, 2.45) is 0 Å². The molecule has 0 saturated heterocycles. The predicted octanol–water partition coefficient (Wildman–Crippen LogP) is 2.12. The van der Waals surface area contributed by atoms with Crippen LogP contribution in [0.3, 0.4) is 0 Å². The van der Waals surface area contributed by atoms with Crippen LogP contribution in [0.15, 0.2) is 53.2 Å². The molecule has 0 saturated carbocycles. The molecule has 0 aliphatic carbocycles. The molecule has 0 spiro atoms. The number of aliphatic hydroxyl groups is 1. The van der Waals surface area contributed by atoms with E-state index in [0.29, 0.717) is 17.0 Å². The van der Waals surface area contributed by atoms with Gasteiger partial charge in [0.05, 0.1) is 18.4 Å². The Labute approximate surface area is 127 Å². The Bertz CT molecular complexity index is 748. The first-order valence-corrected chi connectivity index (χ1v) is 6.87. The second kappa shape index (κ2) is 5.27. The van der Waals surface area contributed by atoms with E-state index in [1.807, 2.05) is 0 Å². The first-order chi connectivity index (χ1) is 10.5. The van der Waals surface area contributed by atoms with Crippen LogP contribution < -0.4 is 4.90 Å². The number of carbonyl (C=O) groups is 2. The Morgan fingerprint density at radius 2 is 2.09 bits per heavy atom. The molecule has 1 amide bonds. The summed E-state index contributed by atoms with van der Waals surface area (Å²) < 4.78 is 5.10. The summed E-state index contributed by atoms with van der Waals surface area (Å²) in [6.45, 7) is 0. The number of anilines is 1. The lowest BCUT2D eigenvalue weighted by molar-refractivity contribution is -0.140. The molecule has 0 fully saturated rings. The van der Waals surface area contributed by atoms with Gasteiger partial charge < -0.3 is 14.4 Å². The second-order valence-electron chi connectivity index (χ2n) is 5.23. The molecule has 2 heterocycles. The lowest BCUT2D eigenvalue weighted by Gasteiger charge is -2.20. The van der Waals surface area contributed by atoms with Crippen LogP contribution in [0.1, 0.15) is 17.7 Å². The van der Waals surface area contributed by atoms with Crippen LogP contribution in [0.4, 0.5) is 5.69 Å². The van der Waals surface area contributed by atoms with Crippen molar-refractivity contribution in [3.05, 3.63) is 60.1 Å². The Morgan fingerprint density at radius 3 is 2.82 bits per heavy atom. The largest absolute Gasteiger partial charge is 0.465 e. The zero-order valence-electron chi connectivity index (χ0n) is 12.0. The molecule has 22 heavy (non-hydrogen) atoms. The summed E-state index contributed by atoms with van der Waals surface area (Å²) in [5.41, 5.74) is -0.726. The lowest BCUT2D eigenvalue weighted by Crippen LogP contribution is -2.40. The molecule has 5 nitrogen and oxygen atoms in total. The maximum Gasteiger partial charge on any atom is 0.263 e. The van der Waals surface area contributed by atoms with Crippen LogP contribution in [0.5, 0.6) is 0 Å². The molecule has 0 bridgehead atoms. The van der Waals surface area contributed by atoms with Crippen molar-refractivity contribution < 1.29 is 19.1 Å². The minimum atomic E-state index is -1.81. The molecular formula is C17H15NO4. The van der Waals surface area contributed by atoms with Crippen molar-refractivity contribution in [3.8, 4) is 0 Å². The Kier molecular flexibility index (Phi) is 3.42. The number of carbonyl (C=O) groups excluding carboxylic acids is 2. The summed E-state index contributed by atoms with van der Waals surface area (Å²) in [5, 5.41) is 10.7. The fraction of sp³-hybridized carbons (Fsp3) is 0.176. The summed E-state index contributed by atoms with van der Waals surface area (Å²) in [6, 6.07) is 10.4. The number of likely N-dealkylation sites (N-methyl/N-ethyl adjacent to an activating group) is 1. The highest BCUT2D eigenvalue weighted by Gasteiger charge is 2.49. The number of furan rings is 1. The Morgan fingerprint density at radius 1 is 1.32 bits per heavy atom.